The first-order chi connectivity index (χ1) is 11.1. The van der Waals surface area contributed by atoms with Gasteiger partial charge in [0, 0.05) is 35.7 Å². The van der Waals surface area contributed by atoms with Gasteiger partial charge in [-0.1, -0.05) is 24.3 Å². The van der Waals surface area contributed by atoms with Gasteiger partial charge in [-0.25, -0.2) is 0 Å². The normalized spacial score (nSPS) is 39.8. The second-order valence-electron chi connectivity index (χ2n) is 7.87. The third-order valence-electron chi connectivity index (χ3n) is 7.06. The number of nitrogens with one attached hydrogen (secondary N) is 1. The van der Waals surface area contributed by atoms with E-state index < -0.39 is 0 Å². The summed E-state index contributed by atoms with van der Waals surface area (Å²) in [5.41, 5.74) is 6.35. The number of carbonyl (C=O) groups is 1. The minimum Gasteiger partial charge on any atom is -1.00 e. The second kappa shape index (κ2) is 4.96. The number of benzene rings is 1. The molecule has 3 nitrogen and oxygen atoms in total. The monoisotopic (exact) mass is 342 g/mol. The molecule has 0 aromatic heterocycles. The molecule has 0 saturated carbocycles. The van der Waals surface area contributed by atoms with Crippen molar-refractivity contribution in [3.05, 3.63) is 52.7 Å². The average Bonchev–Trinajstić information content (AvgIpc) is 3.08. The topological polar surface area (TPSA) is 29.1 Å². The number of hydrogen-bond donors (Lipinski definition) is 1. The highest BCUT2D eigenvalue weighted by Gasteiger charge is 2.67. The number of nitrogens with zero attached hydrogens (tertiary/aromatic N) is 1. The maximum absolute atomic E-state index is 12.0. The zero-order chi connectivity index (χ0) is 15.8. The lowest BCUT2D eigenvalue weighted by Crippen LogP contribution is -3.00. The van der Waals surface area contributed by atoms with Crippen LogP contribution in [0.4, 0.5) is 5.69 Å². The Morgan fingerprint density at radius 3 is 2.88 bits per heavy atom. The standard InChI is InChI=1S/C20H22N2O.ClH/c1-3-13-11-22(2)9-8-20-16-6-4-5-7-17(16)21-19(20)15(12-23)14(13)10-18(20)22;/h3-7,12,14,18H,8-11H2,1-2H3;1H/b13-3-;/t14-,18?,20+,22?;/m0./s1. The summed E-state index contributed by atoms with van der Waals surface area (Å²) in [6, 6.07) is 9.27. The van der Waals surface area contributed by atoms with E-state index in [0.29, 0.717) is 12.0 Å². The summed E-state index contributed by atoms with van der Waals surface area (Å²) < 4.78 is 1.13. The molecule has 2 saturated heterocycles. The summed E-state index contributed by atoms with van der Waals surface area (Å²) in [7, 11) is 2.42. The predicted molar refractivity (Wildman–Crippen MR) is 91.0 cm³/mol. The van der Waals surface area contributed by atoms with Gasteiger partial charge in [0.15, 0.2) is 0 Å². The molecule has 4 aliphatic rings. The van der Waals surface area contributed by atoms with Crippen LogP contribution in [0.5, 0.6) is 0 Å². The number of aldehydes is 1. The molecule has 4 heteroatoms. The zero-order valence-electron chi connectivity index (χ0n) is 14.2. The van der Waals surface area contributed by atoms with Crippen molar-refractivity contribution >= 4 is 12.0 Å². The number of anilines is 1. The summed E-state index contributed by atoms with van der Waals surface area (Å²) in [5, 5.41) is 3.66. The van der Waals surface area contributed by atoms with Crippen molar-refractivity contribution in [2.45, 2.75) is 31.2 Å². The molecule has 126 valence electrons. The zero-order valence-corrected chi connectivity index (χ0v) is 14.9. The van der Waals surface area contributed by atoms with Gasteiger partial charge in [0.2, 0.25) is 0 Å². The molecule has 3 aliphatic heterocycles. The summed E-state index contributed by atoms with van der Waals surface area (Å²) in [6.45, 7) is 4.42. The molecule has 2 unspecified atom stereocenters. The van der Waals surface area contributed by atoms with Crippen LogP contribution >= 0.6 is 0 Å². The van der Waals surface area contributed by atoms with Gasteiger partial charge in [-0.15, -0.1) is 0 Å². The van der Waals surface area contributed by atoms with E-state index in [0.717, 1.165) is 35.7 Å². The first-order valence-electron chi connectivity index (χ1n) is 8.70. The van der Waals surface area contributed by atoms with Crippen molar-refractivity contribution < 1.29 is 21.7 Å². The Bertz CT molecular complexity index is 799. The highest BCUT2D eigenvalue weighted by molar-refractivity contribution is 5.84. The minimum atomic E-state index is 0. The van der Waals surface area contributed by atoms with Gasteiger partial charge in [0.05, 0.1) is 19.0 Å². The number of likely N-dealkylation sites (N-methyl/N-ethyl adjacent to an activating group) is 1. The van der Waals surface area contributed by atoms with Gasteiger partial charge in [-0.05, 0) is 24.1 Å². The molecule has 1 aromatic rings. The van der Waals surface area contributed by atoms with Gasteiger partial charge in [-0.2, -0.15) is 0 Å². The van der Waals surface area contributed by atoms with Crippen LogP contribution in [0.15, 0.2) is 47.2 Å². The number of piperidine rings is 1. The van der Waals surface area contributed by atoms with Crippen LogP contribution in [0.25, 0.3) is 0 Å². The van der Waals surface area contributed by atoms with Crippen LogP contribution in [0.1, 0.15) is 25.3 Å². The van der Waals surface area contributed by atoms with E-state index in [1.54, 1.807) is 0 Å². The first-order valence-corrected chi connectivity index (χ1v) is 8.70. The van der Waals surface area contributed by atoms with Crippen molar-refractivity contribution in [2.75, 3.05) is 25.5 Å². The number of para-hydroxylation sites is 1. The quantitative estimate of drug-likeness (QED) is 0.442. The lowest BCUT2D eigenvalue weighted by Gasteiger charge is -2.51. The fourth-order valence-electron chi connectivity index (χ4n) is 6.07. The Morgan fingerprint density at radius 1 is 1.33 bits per heavy atom. The highest BCUT2D eigenvalue weighted by atomic mass is 35.5. The van der Waals surface area contributed by atoms with Gasteiger partial charge in [0.25, 0.3) is 0 Å². The van der Waals surface area contributed by atoms with Crippen LogP contribution in [-0.2, 0) is 10.2 Å². The van der Waals surface area contributed by atoms with Crippen molar-refractivity contribution in [2.24, 2.45) is 5.92 Å². The molecule has 4 atom stereocenters. The predicted octanol–water partition coefficient (Wildman–Crippen LogP) is 0.00560. The van der Waals surface area contributed by atoms with Gasteiger partial charge in [0.1, 0.15) is 18.9 Å². The molecule has 1 spiro atoms. The summed E-state index contributed by atoms with van der Waals surface area (Å²) in [5.74, 6) is 0.316. The van der Waals surface area contributed by atoms with Crippen LogP contribution < -0.4 is 17.7 Å². The highest BCUT2D eigenvalue weighted by Crippen LogP contribution is 2.62. The Kier molecular flexibility index (Phi) is 3.29. The number of halogens is 1. The molecular weight excluding hydrogens is 320 g/mol. The maximum atomic E-state index is 12.0. The van der Waals surface area contributed by atoms with Gasteiger partial charge in [-0.3, -0.25) is 4.79 Å². The van der Waals surface area contributed by atoms with Crippen LogP contribution in [0, 0.1) is 5.92 Å². The lowest BCUT2D eigenvalue weighted by atomic mass is 9.61. The first kappa shape index (κ1) is 15.9. The average molecular weight is 343 g/mol. The fourth-order valence-corrected chi connectivity index (χ4v) is 6.07. The fraction of sp³-hybridized carbons (Fsp3) is 0.450. The Morgan fingerprint density at radius 2 is 2.12 bits per heavy atom. The van der Waals surface area contributed by atoms with E-state index in [2.05, 4.69) is 49.6 Å². The molecule has 24 heavy (non-hydrogen) atoms. The largest absolute Gasteiger partial charge is 1.00 e. The van der Waals surface area contributed by atoms with Crippen molar-refractivity contribution in [1.82, 2.24) is 0 Å². The van der Waals surface area contributed by atoms with E-state index in [4.69, 9.17) is 0 Å². The van der Waals surface area contributed by atoms with Crippen molar-refractivity contribution in [3.8, 4) is 0 Å². The maximum Gasteiger partial charge on any atom is 0.148 e. The second-order valence-corrected chi connectivity index (χ2v) is 7.87. The van der Waals surface area contributed by atoms with E-state index >= 15 is 0 Å². The molecular formula is C20H23ClN2O. The smallest absolute Gasteiger partial charge is 0.148 e. The Hall–Kier alpha value is -1.58. The molecule has 2 fully saturated rings. The van der Waals surface area contributed by atoms with Crippen LogP contribution in [0.3, 0.4) is 0 Å². The van der Waals surface area contributed by atoms with Gasteiger partial charge < -0.3 is 22.2 Å². The van der Waals surface area contributed by atoms with E-state index in [1.807, 2.05) is 0 Å². The SMILES string of the molecule is C/C=C1/C[N+]2(C)CC[C@]34C(=C(C=O)[C@H]1CC32)Nc1ccccc14.[Cl-]. The summed E-state index contributed by atoms with van der Waals surface area (Å²) in [4.78, 5) is 12.0. The molecule has 5 rings (SSSR count). The number of fused-ring (bicyclic) bond motifs is 2. The molecule has 1 N–H and O–H groups in total. The van der Waals surface area contributed by atoms with Crippen molar-refractivity contribution in [1.29, 1.82) is 0 Å². The number of rotatable bonds is 1. The van der Waals surface area contributed by atoms with E-state index in [-0.39, 0.29) is 17.8 Å². The Labute approximate surface area is 149 Å². The molecule has 0 amide bonds. The van der Waals surface area contributed by atoms with Crippen LogP contribution in [0.2, 0.25) is 0 Å². The number of quaternary nitrogens is 1. The number of allylic oxidation sites excluding steroid dienone is 2. The molecule has 0 radical (unpaired) electrons. The third-order valence-corrected chi connectivity index (χ3v) is 7.06. The van der Waals surface area contributed by atoms with E-state index in [9.17, 15) is 4.79 Å². The molecule has 3 heterocycles. The molecule has 1 aliphatic carbocycles. The summed E-state index contributed by atoms with van der Waals surface area (Å²) >= 11 is 0. The van der Waals surface area contributed by atoms with E-state index in [1.165, 1.54) is 29.1 Å². The van der Waals surface area contributed by atoms with Crippen LogP contribution in [-0.4, -0.2) is 36.9 Å². The lowest BCUT2D eigenvalue weighted by molar-refractivity contribution is -0.923. The number of hydrogen-bond acceptors (Lipinski definition) is 2. The van der Waals surface area contributed by atoms with Gasteiger partial charge >= 0.3 is 0 Å². The minimum absolute atomic E-state index is 0. The Balaban J connectivity index is 0.00000146. The third kappa shape index (κ3) is 1.60. The number of carbonyl (C=O) groups excluding carboxylic acids is 1. The molecule has 2 bridgehead atoms. The molecule has 1 aromatic carbocycles. The summed E-state index contributed by atoms with van der Waals surface area (Å²) in [6.07, 6.45) is 5.65. The van der Waals surface area contributed by atoms with Crippen molar-refractivity contribution in [3.63, 3.8) is 0 Å².